The standard InChI is InChI=1S/C13H23N5O2S/c1-5-17(6-2)11-14-12(18(7-3)8-4)16-13(15-11)21-9-10(19)20/h5-9H2,1-4H3,(H,19,20)/p-1. The van der Waals surface area contributed by atoms with Crippen LogP contribution >= 0.6 is 11.8 Å². The monoisotopic (exact) mass is 312 g/mol. The van der Waals surface area contributed by atoms with Gasteiger partial charge in [-0.2, -0.15) is 15.0 Å². The van der Waals surface area contributed by atoms with Crippen LogP contribution in [0.25, 0.3) is 0 Å². The third-order valence-corrected chi connectivity index (χ3v) is 3.82. The maximum absolute atomic E-state index is 10.6. The Balaban J connectivity index is 3.14. The lowest BCUT2D eigenvalue weighted by atomic mass is 10.5. The van der Waals surface area contributed by atoms with Crippen LogP contribution in [0.1, 0.15) is 27.7 Å². The summed E-state index contributed by atoms with van der Waals surface area (Å²) in [6, 6.07) is 0. The number of rotatable bonds is 9. The van der Waals surface area contributed by atoms with Gasteiger partial charge < -0.3 is 19.7 Å². The minimum atomic E-state index is -1.13. The Labute approximate surface area is 129 Å². The lowest BCUT2D eigenvalue weighted by Gasteiger charge is -2.23. The third kappa shape index (κ3) is 5.04. The van der Waals surface area contributed by atoms with Gasteiger partial charge >= 0.3 is 0 Å². The van der Waals surface area contributed by atoms with E-state index in [2.05, 4.69) is 15.0 Å². The summed E-state index contributed by atoms with van der Waals surface area (Å²) in [5.74, 6) is -0.135. The van der Waals surface area contributed by atoms with Crippen LogP contribution in [0.3, 0.4) is 0 Å². The van der Waals surface area contributed by atoms with Crippen molar-refractivity contribution in [2.75, 3.05) is 41.7 Å². The van der Waals surface area contributed by atoms with Gasteiger partial charge in [-0.15, -0.1) is 0 Å². The molecule has 0 spiro atoms. The van der Waals surface area contributed by atoms with Crippen molar-refractivity contribution in [2.24, 2.45) is 0 Å². The fourth-order valence-corrected chi connectivity index (χ4v) is 2.36. The molecule has 0 unspecified atom stereocenters. The van der Waals surface area contributed by atoms with Gasteiger partial charge in [0, 0.05) is 31.9 Å². The van der Waals surface area contributed by atoms with E-state index in [-0.39, 0.29) is 5.75 Å². The third-order valence-electron chi connectivity index (χ3n) is 3.00. The Morgan fingerprint density at radius 2 is 1.38 bits per heavy atom. The minimum Gasteiger partial charge on any atom is -0.549 e. The molecule has 21 heavy (non-hydrogen) atoms. The maximum atomic E-state index is 10.6. The molecule has 0 atom stereocenters. The Bertz CT molecular complexity index is 434. The van der Waals surface area contributed by atoms with Gasteiger partial charge in [0.05, 0.1) is 5.97 Å². The van der Waals surface area contributed by atoms with Crippen molar-refractivity contribution in [3.63, 3.8) is 0 Å². The maximum Gasteiger partial charge on any atom is 0.231 e. The highest BCUT2D eigenvalue weighted by molar-refractivity contribution is 7.99. The second-order valence-corrected chi connectivity index (χ2v) is 5.17. The van der Waals surface area contributed by atoms with Crippen LogP contribution in [0.4, 0.5) is 11.9 Å². The minimum absolute atomic E-state index is 0.167. The second kappa shape index (κ2) is 8.66. The molecule has 8 heteroatoms. The summed E-state index contributed by atoms with van der Waals surface area (Å²) in [4.78, 5) is 27.8. The normalized spacial score (nSPS) is 10.5. The van der Waals surface area contributed by atoms with Crippen LogP contribution in [0, 0.1) is 0 Å². The Kier molecular flexibility index (Phi) is 7.21. The molecule has 7 nitrogen and oxygen atoms in total. The van der Waals surface area contributed by atoms with Crippen LogP contribution in [-0.4, -0.2) is 52.9 Å². The molecule has 118 valence electrons. The van der Waals surface area contributed by atoms with E-state index in [4.69, 9.17) is 0 Å². The number of nitrogens with zero attached hydrogens (tertiary/aromatic N) is 5. The van der Waals surface area contributed by atoms with E-state index in [9.17, 15) is 9.90 Å². The van der Waals surface area contributed by atoms with Crippen LogP contribution < -0.4 is 14.9 Å². The second-order valence-electron chi connectivity index (χ2n) is 4.22. The molecule has 0 aliphatic carbocycles. The lowest BCUT2D eigenvalue weighted by Crippen LogP contribution is -2.29. The van der Waals surface area contributed by atoms with Gasteiger partial charge in [-0.1, -0.05) is 11.8 Å². The molecule has 0 radical (unpaired) electrons. The molecule has 1 rings (SSSR count). The Hall–Kier alpha value is -1.57. The number of aromatic nitrogens is 3. The predicted molar refractivity (Wildman–Crippen MR) is 82.7 cm³/mol. The summed E-state index contributed by atoms with van der Waals surface area (Å²) in [6.45, 7) is 11.2. The number of carboxylic acids is 1. The number of hydrogen-bond donors (Lipinski definition) is 0. The molecule has 0 aromatic carbocycles. The van der Waals surface area contributed by atoms with Crippen LogP contribution in [0.5, 0.6) is 0 Å². The number of thioether (sulfide) groups is 1. The van der Waals surface area contributed by atoms with Crippen molar-refractivity contribution in [1.29, 1.82) is 0 Å². The van der Waals surface area contributed by atoms with E-state index in [1.165, 1.54) is 0 Å². The number of aliphatic carboxylic acids is 1. The van der Waals surface area contributed by atoms with Gasteiger partial charge in [0.25, 0.3) is 0 Å². The zero-order valence-electron chi connectivity index (χ0n) is 13.0. The molecule has 1 heterocycles. The predicted octanol–water partition coefficient (Wildman–Crippen LogP) is 0.406. The van der Waals surface area contributed by atoms with Gasteiger partial charge in [0.1, 0.15) is 0 Å². The van der Waals surface area contributed by atoms with Crippen molar-refractivity contribution in [2.45, 2.75) is 32.9 Å². The average Bonchev–Trinajstić information content (AvgIpc) is 2.48. The smallest absolute Gasteiger partial charge is 0.231 e. The first kappa shape index (κ1) is 17.5. The molecular weight excluding hydrogens is 290 g/mol. The van der Waals surface area contributed by atoms with Crippen LogP contribution in [-0.2, 0) is 4.79 Å². The average molecular weight is 312 g/mol. The summed E-state index contributed by atoms with van der Waals surface area (Å²) in [5, 5.41) is 11.0. The van der Waals surface area contributed by atoms with Crippen molar-refractivity contribution in [3.8, 4) is 0 Å². The summed E-state index contributed by atoms with van der Waals surface area (Å²) in [7, 11) is 0. The van der Waals surface area contributed by atoms with E-state index in [1.807, 2.05) is 37.5 Å². The molecule has 0 fully saturated rings. The number of carbonyl (C=O) groups is 1. The first-order valence-corrected chi connectivity index (χ1v) is 8.12. The zero-order chi connectivity index (χ0) is 15.8. The van der Waals surface area contributed by atoms with E-state index in [1.54, 1.807) is 0 Å². The molecule has 0 N–H and O–H groups in total. The molecule has 0 amide bonds. The number of anilines is 2. The molecule has 0 saturated heterocycles. The molecule has 0 bridgehead atoms. The summed E-state index contributed by atoms with van der Waals surface area (Å²) in [6.07, 6.45) is 0. The Morgan fingerprint density at radius 3 is 1.71 bits per heavy atom. The highest BCUT2D eigenvalue weighted by atomic mass is 32.2. The first-order chi connectivity index (χ1) is 10.0. The highest BCUT2D eigenvalue weighted by Gasteiger charge is 2.14. The summed E-state index contributed by atoms with van der Waals surface area (Å²) >= 11 is 1.06. The topological polar surface area (TPSA) is 85.3 Å². The number of hydrogen-bond acceptors (Lipinski definition) is 8. The lowest BCUT2D eigenvalue weighted by molar-refractivity contribution is -0.301. The van der Waals surface area contributed by atoms with Crippen molar-refractivity contribution < 1.29 is 9.90 Å². The quantitative estimate of drug-likeness (QED) is 0.606. The van der Waals surface area contributed by atoms with Crippen molar-refractivity contribution in [3.05, 3.63) is 0 Å². The van der Waals surface area contributed by atoms with E-state index in [0.29, 0.717) is 17.1 Å². The zero-order valence-corrected chi connectivity index (χ0v) is 13.8. The fraction of sp³-hybridized carbons (Fsp3) is 0.692. The molecule has 0 saturated carbocycles. The van der Waals surface area contributed by atoms with E-state index in [0.717, 1.165) is 37.9 Å². The molecule has 0 aliphatic heterocycles. The van der Waals surface area contributed by atoms with Gasteiger partial charge in [0.2, 0.25) is 11.9 Å². The Morgan fingerprint density at radius 1 is 0.952 bits per heavy atom. The largest absolute Gasteiger partial charge is 0.549 e. The molecule has 0 aliphatic rings. The van der Waals surface area contributed by atoms with E-state index < -0.39 is 5.97 Å². The molecule has 1 aromatic rings. The van der Waals surface area contributed by atoms with Crippen molar-refractivity contribution in [1.82, 2.24) is 15.0 Å². The van der Waals surface area contributed by atoms with E-state index >= 15 is 0 Å². The van der Waals surface area contributed by atoms with Gasteiger partial charge in [-0.3, -0.25) is 0 Å². The SMILES string of the molecule is CCN(CC)c1nc(SCC(=O)[O-])nc(N(CC)CC)n1. The number of carboxylic acid groups (broad SMARTS) is 1. The van der Waals surface area contributed by atoms with Gasteiger partial charge in [-0.25, -0.2) is 0 Å². The molecule has 1 aromatic heterocycles. The van der Waals surface area contributed by atoms with Crippen LogP contribution in [0.2, 0.25) is 0 Å². The summed E-state index contributed by atoms with van der Waals surface area (Å²) in [5.41, 5.74) is 0. The molecular formula is C13H22N5O2S-. The van der Waals surface area contributed by atoms with Crippen molar-refractivity contribution >= 4 is 29.6 Å². The summed E-state index contributed by atoms with van der Waals surface area (Å²) < 4.78 is 0. The number of carbonyl (C=O) groups excluding carboxylic acids is 1. The first-order valence-electron chi connectivity index (χ1n) is 7.14. The van der Waals surface area contributed by atoms with Gasteiger partial charge in [0.15, 0.2) is 5.16 Å². The fourth-order valence-electron chi connectivity index (χ4n) is 1.82. The highest BCUT2D eigenvalue weighted by Crippen LogP contribution is 2.20. The van der Waals surface area contributed by atoms with Gasteiger partial charge in [-0.05, 0) is 27.7 Å². The van der Waals surface area contributed by atoms with Crippen LogP contribution in [0.15, 0.2) is 5.16 Å².